The second-order valence-corrected chi connectivity index (χ2v) is 3.89. The Bertz CT molecular complexity index is 543. The highest BCUT2D eigenvalue weighted by atomic mass is 16.6. The summed E-state index contributed by atoms with van der Waals surface area (Å²) in [5.41, 5.74) is 1.19. The van der Waals surface area contributed by atoms with E-state index in [0.29, 0.717) is 11.1 Å². The first kappa shape index (κ1) is 12.2. The van der Waals surface area contributed by atoms with Crippen LogP contribution in [0.4, 0.5) is 5.69 Å². The number of aliphatic hydroxyl groups excluding tert-OH is 1. The maximum Gasteiger partial charge on any atom is 0.272 e. The first-order valence-corrected chi connectivity index (χ1v) is 5.49. The third kappa shape index (κ3) is 2.70. The monoisotopic (exact) mass is 244 g/mol. The van der Waals surface area contributed by atoms with E-state index in [0.717, 1.165) is 0 Å². The highest BCUT2D eigenvalue weighted by Crippen LogP contribution is 2.24. The van der Waals surface area contributed by atoms with Gasteiger partial charge in [-0.3, -0.25) is 15.1 Å². The molecule has 0 radical (unpaired) electrons. The molecule has 0 aliphatic rings. The summed E-state index contributed by atoms with van der Waals surface area (Å²) in [6.45, 7) is 0. The zero-order valence-corrected chi connectivity index (χ0v) is 9.56. The molecule has 92 valence electrons. The molecule has 1 atom stereocenters. The SMILES string of the molecule is O=[N+]([O-])c1ccccc1CC(O)c1cccnc1. The van der Waals surface area contributed by atoms with Crippen LogP contribution in [0.3, 0.4) is 0 Å². The fraction of sp³-hybridized carbons (Fsp3) is 0.154. The van der Waals surface area contributed by atoms with Crippen LogP contribution in [-0.2, 0) is 6.42 Å². The second kappa shape index (κ2) is 5.37. The number of rotatable bonds is 4. The van der Waals surface area contributed by atoms with Crippen molar-refractivity contribution in [3.05, 3.63) is 70.0 Å². The molecule has 1 aromatic heterocycles. The quantitative estimate of drug-likeness (QED) is 0.661. The molecular formula is C13H12N2O3. The van der Waals surface area contributed by atoms with Crippen molar-refractivity contribution in [2.24, 2.45) is 0 Å². The van der Waals surface area contributed by atoms with Gasteiger partial charge in [0.15, 0.2) is 0 Å². The number of aliphatic hydroxyl groups is 1. The van der Waals surface area contributed by atoms with Gasteiger partial charge in [0.2, 0.25) is 0 Å². The van der Waals surface area contributed by atoms with Gasteiger partial charge in [-0.05, 0) is 11.6 Å². The summed E-state index contributed by atoms with van der Waals surface area (Å²) in [6, 6.07) is 9.88. The second-order valence-electron chi connectivity index (χ2n) is 3.89. The minimum Gasteiger partial charge on any atom is -0.388 e. The lowest BCUT2D eigenvalue weighted by molar-refractivity contribution is -0.385. The molecule has 18 heavy (non-hydrogen) atoms. The molecule has 0 saturated heterocycles. The van der Waals surface area contributed by atoms with E-state index in [9.17, 15) is 15.2 Å². The fourth-order valence-corrected chi connectivity index (χ4v) is 1.76. The number of nitro benzene ring substituents is 1. The summed E-state index contributed by atoms with van der Waals surface area (Å²) in [6.07, 6.45) is 2.57. The third-order valence-corrected chi connectivity index (χ3v) is 2.67. The van der Waals surface area contributed by atoms with Gasteiger partial charge in [0.25, 0.3) is 5.69 Å². The van der Waals surface area contributed by atoms with Crippen molar-refractivity contribution in [3.63, 3.8) is 0 Å². The van der Waals surface area contributed by atoms with E-state index in [-0.39, 0.29) is 12.1 Å². The van der Waals surface area contributed by atoms with Crippen LogP contribution in [0.15, 0.2) is 48.8 Å². The Morgan fingerprint density at radius 1 is 1.28 bits per heavy atom. The molecule has 5 nitrogen and oxygen atoms in total. The predicted molar refractivity (Wildman–Crippen MR) is 66.0 cm³/mol. The van der Waals surface area contributed by atoms with E-state index in [1.807, 2.05) is 0 Å². The van der Waals surface area contributed by atoms with E-state index in [1.54, 1.807) is 42.7 Å². The van der Waals surface area contributed by atoms with E-state index in [4.69, 9.17) is 0 Å². The van der Waals surface area contributed by atoms with Gasteiger partial charge in [-0.1, -0.05) is 24.3 Å². The van der Waals surface area contributed by atoms with Crippen molar-refractivity contribution in [2.75, 3.05) is 0 Å². The van der Waals surface area contributed by atoms with E-state index < -0.39 is 11.0 Å². The van der Waals surface area contributed by atoms with Crippen LogP contribution >= 0.6 is 0 Å². The lowest BCUT2D eigenvalue weighted by atomic mass is 10.0. The standard InChI is InChI=1S/C13H12N2O3/c16-13(11-5-3-7-14-9-11)8-10-4-1-2-6-12(10)15(17)18/h1-7,9,13,16H,8H2. The van der Waals surface area contributed by atoms with Gasteiger partial charge in [0.1, 0.15) is 0 Å². The smallest absolute Gasteiger partial charge is 0.272 e. The number of pyridine rings is 1. The summed E-state index contributed by atoms with van der Waals surface area (Å²) in [5.74, 6) is 0. The molecule has 2 rings (SSSR count). The average molecular weight is 244 g/mol. The molecule has 1 N–H and O–H groups in total. The van der Waals surface area contributed by atoms with Crippen LogP contribution in [-0.4, -0.2) is 15.0 Å². The molecule has 0 fully saturated rings. The van der Waals surface area contributed by atoms with Gasteiger partial charge >= 0.3 is 0 Å². The molecule has 0 spiro atoms. The van der Waals surface area contributed by atoms with Crippen LogP contribution < -0.4 is 0 Å². The number of hydrogen-bond acceptors (Lipinski definition) is 4. The molecule has 1 aromatic carbocycles. The Morgan fingerprint density at radius 2 is 2.06 bits per heavy atom. The molecule has 0 aliphatic carbocycles. The summed E-state index contributed by atoms with van der Waals surface area (Å²) in [5, 5.41) is 20.9. The first-order chi connectivity index (χ1) is 8.68. The summed E-state index contributed by atoms with van der Waals surface area (Å²) < 4.78 is 0. The van der Waals surface area contributed by atoms with Crippen LogP contribution in [0.25, 0.3) is 0 Å². The Hall–Kier alpha value is -2.27. The molecule has 1 heterocycles. The van der Waals surface area contributed by atoms with E-state index in [1.165, 1.54) is 6.07 Å². The van der Waals surface area contributed by atoms with Crippen molar-refractivity contribution in [3.8, 4) is 0 Å². The lowest BCUT2D eigenvalue weighted by Gasteiger charge is -2.10. The van der Waals surface area contributed by atoms with Gasteiger partial charge in [0.05, 0.1) is 11.0 Å². The third-order valence-electron chi connectivity index (χ3n) is 2.67. The van der Waals surface area contributed by atoms with Gasteiger partial charge in [-0.2, -0.15) is 0 Å². The molecule has 1 unspecified atom stereocenters. The molecule has 2 aromatic rings. The Balaban J connectivity index is 2.22. The number of benzene rings is 1. The van der Waals surface area contributed by atoms with Crippen molar-refractivity contribution >= 4 is 5.69 Å². The van der Waals surface area contributed by atoms with E-state index >= 15 is 0 Å². The summed E-state index contributed by atoms with van der Waals surface area (Å²) >= 11 is 0. The summed E-state index contributed by atoms with van der Waals surface area (Å²) in [4.78, 5) is 14.3. The highest BCUT2D eigenvalue weighted by Gasteiger charge is 2.16. The number of aromatic nitrogens is 1. The minimum atomic E-state index is -0.792. The Labute approximate surface area is 104 Å². The fourth-order valence-electron chi connectivity index (χ4n) is 1.76. The molecule has 0 saturated carbocycles. The zero-order chi connectivity index (χ0) is 13.0. The molecule has 0 amide bonds. The maximum absolute atomic E-state index is 10.9. The zero-order valence-electron chi connectivity index (χ0n) is 9.56. The van der Waals surface area contributed by atoms with Crippen LogP contribution in [0, 0.1) is 10.1 Å². The maximum atomic E-state index is 10.9. The number of para-hydroxylation sites is 1. The number of hydrogen-bond donors (Lipinski definition) is 1. The predicted octanol–water partition coefficient (Wildman–Crippen LogP) is 2.27. The van der Waals surface area contributed by atoms with Gasteiger partial charge in [0, 0.05) is 30.4 Å². The van der Waals surface area contributed by atoms with Gasteiger partial charge < -0.3 is 5.11 Å². The minimum absolute atomic E-state index is 0.0282. The van der Waals surface area contributed by atoms with Gasteiger partial charge in [-0.25, -0.2) is 0 Å². The Morgan fingerprint density at radius 3 is 2.72 bits per heavy atom. The number of nitro groups is 1. The van der Waals surface area contributed by atoms with Crippen LogP contribution in [0.2, 0.25) is 0 Å². The van der Waals surface area contributed by atoms with Crippen LogP contribution in [0.1, 0.15) is 17.2 Å². The van der Waals surface area contributed by atoms with Crippen molar-refractivity contribution in [1.82, 2.24) is 4.98 Å². The van der Waals surface area contributed by atoms with Crippen molar-refractivity contribution in [2.45, 2.75) is 12.5 Å². The highest BCUT2D eigenvalue weighted by molar-refractivity contribution is 5.40. The van der Waals surface area contributed by atoms with Crippen LogP contribution in [0.5, 0.6) is 0 Å². The average Bonchev–Trinajstić information content (AvgIpc) is 2.40. The Kier molecular flexibility index (Phi) is 3.64. The van der Waals surface area contributed by atoms with Crippen molar-refractivity contribution in [1.29, 1.82) is 0 Å². The van der Waals surface area contributed by atoms with E-state index in [2.05, 4.69) is 4.98 Å². The van der Waals surface area contributed by atoms with Gasteiger partial charge in [-0.15, -0.1) is 0 Å². The largest absolute Gasteiger partial charge is 0.388 e. The molecule has 0 bridgehead atoms. The topological polar surface area (TPSA) is 76.3 Å². The molecular weight excluding hydrogens is 232 g/mol. The number of nitrogens with zero attached hydrogens (tertiary/aromatic N) is 2. The molecule has 0 aliphatic heterocycles. The normalized spacial score (nSPS) is 12.1. The summed E-state index contributed by atoms with van der Waals surface area (Å²) in [7, 11) is 0. The van der Waals surface area contributed by atoms with Crippen molar-refractivity contribution < 1.29 is 10.0 Å². The lowest BCUT2D eigenvalue weighted by Crippen LogP contribution is -2.04. The molecule has 5 heteroatoms. The first-order valence-electron chi connectivity index (χ1n) is 5.49.